The maximum Gasteiger partial charge on any atom is 0.152 e. The summed E-state index contributed by atoms with van der Waals surface area (Å²) in [6.07, 6.45) is 2.51. The first-order valence-corrected chi connectivity index (χ1v) is 6.66. The number of Topliss-reactive ketones (excluding diaryl/α,β-unsaturated/α-hetero) is 1. The fourth-order valence-corrected chi connectivity index (χ4v) is 2.20. The number of nitrogens with one attached hydrogen (secondary N) is 1. The van der Waals surface area contributed by atoms with Crippen molar-refractivity contribution < 1.29 is 4.79 Å². The number of ketones is 1. The van der Waals surface area contributed by atoms with Crippen LogP contribution >= 0.6 is 0 Å². The molecule has 1 heterocycles. The van der Waals surface area contributed by atoms with Crippen molar-refractivity contribution in [3.63, 3.8) is 0 Å². The fourth-order valence-electron chi connectivity index (χ4n) is 2.20. The molecule has 2 aromatic rings. The van der Waals surface area contributed by atoms with E-state index in [-0.39, 0.29) is 17.7 Å². The minimum Gasteiger partial charge on any atom is -0.310 e. The highest BCUT2D eigenvalue weighted by Gasteiger charge is 2.20. The number of pyridine rings is 1. The van der Waals surface area contributed by atoms with Gasteiger partial charge in [-0.15, -0.1) is 0 Å². The number of hydrogen-bond acceptors (Lipinski definition) is 3. The smallest absolute Gasteiger partial charge is 0.152 e. The molecule has 3 heteroatoms. The monoisotopic (exact) mass is 256 g/mol. The number of fused-ring (bicyclic) bond motifs is 1. The van der Waals surface area contributed by atoms with Crippen LogP contribution in [0.1, 0.15) is 19.5 Å². The molecule has 0 aliphatic rings. The van der Waals surface area contributed by atoms with Crippen LogP contribution in [0.15, 0.2) is 36.5 Å². The second kappa shape index (κ2) is 5.93. The summed E-state index contributed by atoms with van der Waals surface area (Å²) in [7, 11) is 1.83. The Morgan fingerprint density at radius 1 is 1.26 bits per heavy atom. The van der Waals surface area contributed by atoms with Gasteiger partial charge in [-0.25, -0.2) is 0 Å². The Balaban J connectivity index is 2.22. The summed E-state index contributed by atoms with van der Waals surface area (Å²) >= 11 is 0. The second-order valence-corrected chi connectivity index (χ2v) is 5.13. The lowest BCUT2D eigenvalue weighted by atomic mass is 9.97. The molecule has 1 atom stereocenters. The third kappa shape index (κ3) is 3.18. The topological polar surface area (TPSA) is 42.0 Å². The molecule has 0 aliphatic carbocycles. The predicted molar refractivity (Wildman–Crippen MR) is 78.1 cm³/mol. The molecule has 1 aromatic carbocycles. The van der Waals surface area contributed by atoms with Crippen molar-refractivity contribution in [2.24, 2.45) is 5.92 Å². The SMILES string of the molecule is CNC(Cc1cc2ccccc2cn1)C(=O)C(C)C. The van der Waals surface area contributed by atoms with Gasteiger partial charge in [0.05, 0.1) is 6.04 Å². The molecular formula is C16H20N2O. The van der Waals surface area contributed by atoms with Crippen molar-refractivity contribution in [1.29, 1.82) is 0 Å². The van der Waals surface area contributed by atoms with Crippen molar-refractivity contribution in [2.75, 3.05) is 7.05 Å². The van der Waals surface area contributed by atoms with Gasteiger partial charge < -0.3 is 5.32 Å². The van der Waals surface area contributed by atoms with Crippen LogP contribution < -0.4 is 5.32 Å². The normalized spacial score (nSPS) is 12.8. The van der Waals surface area contributed by atoms with Gasteiger partial charge in [-0.05, 0) is 18.5 Å². The Morgan fingerprint density at radius 3 is 2.58 bits per heavy atom. The number of rotatable bonds is 5. The Labute approximate surface area is 114 Å². The van der Waals surface area contributed by atoms with Gasteiger partial charge in [-0.1, -0.05) is 38.1 Å². The van der Waals surface area contributed by atoms with E-state index < -0.39 is 0 Å². The van der Waals surface area contributed by atoms with E-state index in [2.05, 4.69) is 22.4 Å². The van der Waals surface area contributed by atoms with Crippen LogP contribution in [0.25, 0.3) is 10.8 Å². The van der Waals surface area contributed by atoms with E-state index in [1.807, 2.05) is 45.3 Å². The average Bonchev–Trinajstić information content (AvgIpc) is 2.43. The molecule has 1 unspecified atom stereocenters. The van der Waals surface area contributed by atoms with Gasteiger partial charge in [0.25, 0.3) is 0 Å². The predicted octanol–water partition coefficient (Wildman–Crippen LogP) is 2.59. The Morgan fingerprint density at radius 2 is 1.95 bits per heavy atom. The van der Waals surface area contributed by atoms with Crippen molar-refractivity contribution in [2.45, 2.75) is 26.3 Å². The largest absolute Gasteiger partial charge is 0.310 e. The van der Waals surface area contributed by atoms with E-state index in [0.717, 1.165) is 11.1 Å². The Hall–Kier alpha value is -1.74. The van der Waals surface area contributed by atoms with Gasteiger partial charge in [0.2, 0.25) is 0 Å². The first-order chi connectivity index (χ1) is 9.11. The molecule has 19 heavy (non-hydrogen) atoms. The molecule has 100 valence electrons. The average molecular weight is 256 g/mol. The number of nitrogens with zero attached hydrogens (tertiary/aromatic N) is 1. The summed E-state index contributed by atoms with van der Waals surface area (Å²) in [6.45, 7) is 3.86. The molecule has 0 saturated heterocycles. The quantitative estimate of drug-likeness (QED) is 0.894. The highest BCUT2D eigenvalue weighted by molar-refractivity contribution is 5.86. The van der Waals surface area contributed by atoms with E-state index in [9.17, 15) is 4.79 Å². The number of likely N-dealkylation sites (N-methyl/N-ethyl adjacent to an activating group) is 1. The second-order valence-electron chi connectivity index (χ2n) is 5.13. The Kier molecular flexibility index (Phi) is 4.27. The summed E-state index contributed by atoms with van der Waals surface area (Å²) < 4.78 is 0. The van der Waals surface area contributed by atoms with E-state index in [1.165, 1.54) is 5.39 Å². The molecule has 0 amide bonds. The highest BCUT2D eigenvalue weighted by atomic mass is 16.1. The lowest BCUT2D eigenvalue weighted by molar-refractivity contribution is -0.123. The summed E-state index contributed by atoms with van der Waals surface area (Å²) in [6, 6.07) is 10.0. The summed E-state index contributed by atoms with van der Waals surface area (Å²) in [5, 5.41) is 5.38. The molecule has 1 N–H and O–H groups in total. The minimum absolute atomic E-state index is 0.0397. The van der Waals surface area contributed by atoms with Crippen molar-refractivity contribution in [3.05, 3.63) is 42.2 Å². The molecule has 3 nitrogen and oxygen atoms in total. The van der Waals surface area contributed by atoms with E-state index >= 15 is 0 Å². The highest BCUT2D eigenvalue weighted by Crippen LogP contribution is 2.15. The third-order valence-corrected chi connectivity index (χ3v) is 3.36. The van der Waals surface area contributed by atoms with Crippen molar-refractivity contribution in [1.82, 2.24) is 10.3 Å². The van der Waals surface area contributed by atoms with E-state index in [1.54, 1.807) is 0 Å². The molecule has 0 saturated carbocycles. The van der Waals surface area contributed by atoms with Crippen LogP contribution in [-0.4, -0.2) is 23.9 Å². The van der Waals surface area contributed by atoms with Crippen molar-refractivity contribution in [3.8, 4) is 0 Å². The molecule has 0 fully saturated rings. The third-order valence-electron chi connectivity index (χ3n) is 3.36. The standard InChI is InChI=1S/C16H20N2O/c1-11(2)16(19)15(17-3)9-14-8-12-6-4-5-7-13(12)10-18-14/h4-8,10-11,15,17H,9H2,1-3H3. The van der Waals surface area contributed by atoms with E-state index in [4.69, 9.17) is 0 Å². The molecule has 1 aromatic heterocycles. The lowest BCUT2D eigenvalue weighted by Crippen LogP contribution is -2.38. The van der Waals surface area contributed by atoms with Gasteiger partial charge in [0.15, 0.2) is 5.78 Å². The first kappa shape index (κ1) is 13.7. The zero-order chi connectivity index (χ0) is 13.8. The zero-order valence-electron chi connectivity index (χ0n) is 11.7. The molecule has 0 aliphatic heterocycles. The van der Waals surface area contributed by atoms with Crippen molar-refractivity contribution >= 4 is 16.6 Å². The van der Waals surface area contributed by atoms with Crippen LogP contribution in [0.4, 0.5) is 0 Å². The number of aromatic nitrogens is 1. The van der Waals surface area contributed by atoms with Gasteiger partial charge in [0, 0.05) is 29.6 Å². The van der Waals surface area contributed by atoms with Gasteiger partial charge in [0.1, 0.15) is 0 Å². The van der Waals surface area contributed by atoms with Gasteiger partial charge in [-0.3, -0.25) is 9.78 Å². The summed E-state index contributed by atoms with van der Waals surface area (Å²) in [5.41, 5.74) is 0.951. The maximum atomic E-state index is 12.1. The number of carbonyl (C=O) groups is 1. The lowest BCUT2D eigenvalue weighted by Gasteiger charge is -2.17. The summed E-state index contributed by atoms with van der Waals surface area (Å²) in [5.74, 6) is 0.273. The molecule has 0 spiro atoms. The Bertz CT molecular complexity index is 578. The van der Waals surface area contributed by atoms with Gasteiger partial charge >= 0.3 is 0 Å². The molecule has 0 radical (unpaired) electrons. The van der Waals surface area contributed by atoms with Gasteiger partial charge in [-0.2, -0.15) is 0 Å². The first-order valence-electron chi connectivity index (χ1n) is 6.66. The molecule has 0 bridgehead atoms. The van der Waals surface area contributed by atoms with E-state index in [0.29, 0.717) is 6.42 Å². The molecular weight excluding hydrogens is 236 g/mol. The number of carbonyl (C=O) groups excluding carboxylic acids is 1. The maximum absolute atomic E-state index is 12.1. The van der Waals surface area contributed by atoms with Crippen LogP contribution in [0.2, 0.25) is 0 Å². The van der Waals surface area contributed by atoms with Crippen LogP contribution in [0.3, 0.4) is 0 Å². The zero-order valence-corrected chi connectivity index (χ0v) is 11.7. The van der Waals surface area contributed by atoms with Crippen LogP contribution in [0, 0.1) is 5.92 Å². The minimum atomic E-state index is -0.159. The number of benzene rings is 1. The van der Waals surface area contributed by atoms with Crippen LogP contribution in [-0.2, 0) is 11.2 Å². The number of hydrogen-bond donors (Lipinski definition) is 1. The van der Waals surface area contributed by atoms with Crippen LogP contribution in [0.5, 0.6) is 0 Å². The summed E-state index contributed by atoms with van der Waals surface area (Å²) in [4.78, 5) is 16.5. The molecule has 2 rings (SSSR count). The fraction of sp³-hybridized carbons (Fsp3) is 0.375.